The van der Waals surface area contributed by atoms with E-state index in [4.69, 9.17) is 32.4 Å². The number of amides is 1. The number of hydrogen-bond acceptors (Lipinski definition) is 8. The molecule has 3 aromatic rings. The molecule has 4 rings (SSSR count). The van der Waals surface area contributed by atoms with Gasteiger partial charge >= 0.3 is 5.97 Å². The highest BCUT2D eigenvalue weighted by Crippen LogP contribution is 2.34. The van der Waals surface area contributed by atoms with E-state index < -0.39 is 12.0 Å². The first-order valence-corrected chi connectivity index (χ1v) is 12.6. The molecule has 0 aliphatic carbocycles. The van der Waals surface area contributed by atoms with Crippen molar-refractivity contribution in [2.45, 2.75) is 38.6 Å². The van der Waals surface area contributed by atoms with Gasteiger partial charge in [0.05, 0.1) is 11.6 Å². The van der Waals surface area contributed by atoms with E-state index in [0.717, 1.165) is 18.5 Å². The Morgan fingerprint density at radius 2 is 2.05 bits per heavy atom. The molecule has 1 aliphatic heterocycles. The largest absolute Gasteiger partial charge is 0.494 e. The number of fused-ring (bicyclic) bond motifs is 1. The minimum atomic E-state index is -1.06. The Kier molecular flexibility index (Phi) is 8.73. The van der Waals surface area contributed by atoms with Crippen molar-refractivity contribution in [3.63, 3.8) is 0 Å². The number of nitrogens with zero attached hydrogens (tertiary/aromatic N) is 2. The molecule has 0 spiro atoms. The fourth-order valence-corrected chi connectivity index (χ4v) is 4.18. The molecule has 196 valence electrons. The molecule has 0 unspecified atom stereocenters. The van der Waals surface area contributed by atoms with Crippen LogP contribution in [0.25, 0.3) is 11.1 Å². The van der Waals surface area contributed by atoms with Crippen LogP contribution in [0.4, 0.5) is 6.01 Å². The lowest BCUT2D eigenvalue weighted by Gasteiger charge is -2.15. The number of carboxylic acids is 1. The molecule has 0 bridgehead atoms. The quantitative estimate of drug-likeness (QED) is 0.277. The Balaban J connectivity index is 1.27. The summed E-state index contributed by atoms with van der Waals surface area (Å²) in [6.07, 6.45) is 2.01. The lowest BCUT2D eigenvalue weighted by Crippen LogP contribution is -2.43. The molecule has 2 aromatic carbocycles. The summed E-state index contributed by atoms with van der Waals surface area (Å²) in [6.45, 7) is 3.65. The number of aliphatic carboxylic acids is 1. The molecule has 1 atom stereocenters. The zero-order valence-corrected chi connectivity index (χ0v) is 21.7. The van der Waals surface area contributed by atoms with Crippen molar-refractivity contribution in [1.82, 2.24) is 15.6 Å². The number of carbonyl (C=O) groups excluding carboxylic acids is 1. The average Bonchev–Trinajstić information content (AvgIpc) is 3.28. The predicted molar refractivity (Wildman–Crippen MR) is 142 cm³/mol. The van der Waals surface area contributed by atoms with Crippen molar-refractivity contribution >= 4 is 58.2 Å². The molecule has 4 N–H and O–H groups in total. The van der Waals surface area contributed by atoms with Crippen molar-refractivity contribution < 1.29 is 23.8 Å². The number of benzene rings is 2. The van der Waals surface area contributed by atoms with Gasteiger partial charge in [-0.15, -0.1) is 0 Å². The van der Waals surface area contributed by atoms with Crippen LogP contribution in [0.15, 0.2) is 39.7 Å². The van der Waals surface area contributed by atoms with Gasteiger partial charge in [-0.3, -0.25) is 15.1 Å². The first kappa shape index (κ1) is 26.6. The zero-order chi connectivity index (χ0) is 26.4. The third kappa shape index (κ3) is 7.05. The Bertz CT molecular complexity index is 1310. The number of guanidine groups is 1. The van der Waals surface area contributed by atoms with Gasteiger partial charge in [0.2, 0.25) is 5.91 Å². The van der Waals surface area contributed by atoms with E-state index in [9.17, 15) is 14.7 Å². The van der Waals surface area contributed by atoms with Crippen LogP contribution in [0.2, 0.25) is 10.0 Å². The number of hydrogen-bond donors (Lipinski definition) is 4. The molecule has 0 radical (unpaired) electrons. The highest BCUT2D eigenvalue weighted by Gasteiger charge is 2.22. The summed E-state index contributed by atoms with van der Waals surface area (Å²) in [5.74, 6) is -0.0150. The lowest BCUT2D eigenvalue weighted by molar-refractivity contribution is -0.138. The third-order valence-electron chi connectivity index (χ3n) is 5.73. The monoisotopic (exact) mass is 547 g/mol. The number of carbonyl (C=O) groups is 2. The first-order valence-electron chi connectivity index (χ1n) is 11.8. The first-order chi connectivity index (χ1) is 17.8. The van der Waals surface area contributed by atoms with Gasteiger partial charge in [0.1, 0.15) is 17.3 Å². The van der Waals surface area contributed by atoms with Crippen LogP contribution >= 0.6 is 23.2 Å². The molecule has 0 saturated carbocycles. The summed E-state index contributed by atoms with van der Waals surface area (Å²) >= 11 is 12.4. The Morgan fingerprint density at radius 1 is 1.27 bits per heavy atom. The van der Waals surface area contributed by atoms with E-state index >= 15 is 0 Å². The minimum absolute atomic E-state index is 0.0429. The highest BCUT2D eigenvalue weighted by molar-refractivity contribution is 6.39. The van der Waals surface area contributed by atoms with Gasteiger partial charge in [-0.05, 0) is 49.1 Å². The second kappa shape index (κ2) is 12.2. The average molecular weight is 548 g/mol. The number of nitrogens with one attached hydrogen (secondary N) is 3. The highest BCUT2D eigenvalue weighted by atomic mass is 35.5. The number of aromatic nitrogens is 1. The van der Waals surface area contributed by atoms with Crippen molar-refractivity contribution in [2.24, 2.45) is 4.99 Å². The molecule has 2 heterocycles. The summed E-state index contributed by atoms with van der Waals surface area (Å²) < 4.78 is 11.4. The standard InChI is InChI=1S/C25H27Cl2N5O5/c1-14-17(26)13-18-22(21(14)27)37-25(30-18)31-19(23(34)35)12-15-5-7-16(8-6-15)36-11-2-4-20(33)32-24-28-9-3-10-29-24/h5-8,13,19H,2-4,9-12H2,1H3,(H,30,31)(H,34,35)(H2,28,29,32,33)/t19-/m0/s1. The van der Waals surface area contributed by atoms with Crippen LogP contribution in [-0.4, -0.2) is 53.7 Å². The normalized spacial score (nSPS) is 14.0. The Morgan fingerprint density at radius 3 is 2.76 bits per heavy atom. The maximum atomic E-state index is 12.0. The molecule has 10 nitrogen and oxygen atoms in total. The maximum absolute atomic E-state index is 12.0. The van der Waals surface area contributed by atoms with Crippen molar-refractivity contribution in [3.05, 3.63) is 51.5 Å². The Hall–Kier alpha value is -3.50. The summed E-state index contributed by atoms with van der Waals surface area (Å²) in [5, 5.41) is 19.1. The summed E-state index contributed by atoms with van der Waals surface area (Å²) in [6, 6.07) is 7.78. The van der Waals surface area contributed by atoms with Crippen molar-refractivity contribution in [3.8, 4) is 5.75 Å². The lowest BCUT2D eigenvalue weighted by atomic mass is 10.1. The number of aliphatic imine (C=N–C) groups is 1. The molecule has 0 saturated heterocycles. The topological polar surface area (TPSA) is 138 Å². The van der Waals surface area contributed by atoms with Gasteiger partial charge < -0.3 is 24.9 Å². The van der Waals surface area contributed by atoms with Crippen LogP contribution in [0.5, 0.6) is 5.75 Å². The minimum Gasteiger partial charge on any atom is -0.494 e. The van der Waals surface area contributed by atoms with E-state index in [-0.39, 0.29) is 18.3 Å². The molecule has 12 heteroatoms. The van der Waals surface area contributed by atoms with Crippen molar-refractivity contribution in [2.75, 3.05) is 25.0 Å². The SMILES string of the molecule is Cc1c(Cl)cc2nc(N[C@@H](Cc3ccc(OCCCC(=O)NC4=NCCCN4)cc3)C(=O)O)oc2c1Cl. The maximum Gasteiger partial charge on any atom is 0.326 e. The molecule has 37 heavy (non-hydrogen) atoms. The van der Waals surface area contributed by atoms with Gasteiger partial charge in [0.15, 0.2) is 11.5 Å². The second-order valence-electron chi connectivity index (χ2n) is 8.56. The van der Waals surface area contributed by atoms with E-state index in [1.54, 1.807) is 37.3 Å². The number of rotatable bonds is 10. The van der Waals surface area contributed by atoms with Crippen LogP contribution in [0.1, 0.15) is 30.4 Å². The van der Waals surface area contributed by atoms with Crippen LogP contribution < -0.4 is 20.7 Å². The molecule has 0 fully saturated rings. The predicted octanol–water partition coefficient (Wildman–Crippen LogP) is 4.18. The van der Waals surface area contributed by atoms with E-state index in [2.05, 4.69) is 25.9 Å². The molecular formula is C25H27Cl2N5O5. The summed E-state index contributed by atoms with van der Waals surface area (Å²) in [7, 11) is 0. The van der Waals surface area contributed by atoms with Gasteiger partial charge in [0, 0.05) is 31.0 Å². The number of oxazole rings is 1. The van der Waals surface area contributed by atoms with Crippen LogP contribution in [0, 0.1) is 6.92 Å². The van der Waals surface area contributed by atoms with E-state index in [0.29, 0.717) is 64.4 Å². The van der Waals surface area contributed by atoms with Gasteiger partial charge in [-0.1, -0.05) is 35.3 Å². The second-order valence-corrected chi connectivity index (χ2v) is 9.34. The number of halogens is 2. The number of carboxylic acid groups (broad SMARTS) is 1. The van der Waals surface area contributed by atoms with Gasteiger partial charge in [-0.25, -0.2) is 4.79 Å². The molecule has 1 amide bonds. The third-order valence-corrected chi connectivity index (χ3v) is 6.58. The zero-order valence-electron chi connectivity index (χ0n) is 20.1. The van der Waals surface area contributed by atoms with Crippen LogP contribution in [0.3, 0.4) is 0 Å². The van der Waals surface area contributed by atoms with E-state index in [1.165, 1.54) is 0 Å². The Labute approximate surface area is 223 Å². The summed E-state index contributed by atoms with van der Waals surface area (Å²) in [5.41, 5.74) is 2.21. The fourth-order valence-electron chi connectivity index (χ4n) is 3.69. The van der Waals surface area contributed by atoms with Crippen LogP contribution in [-0.2, 0) is 16.0 Å². The van der Waals surface area contributed by atoms with Gasteiger partial charge in [-0.2, -0.15) is 4.98 Å². The number of ether oxygens (including phenoxy) is 1. The van der Waals surface area contributed by atoms with Crippen molar-refractivity contribution in [1.29, 1.82) is 0 Å². The van der Waals surface area contributed by atoms with E-state index in [1.807, 2.05) is 0 Å². The summed E-state index contributed by atoms with van der Waals surface area (Å²) in [4.78, 5) is 32.3. The fraction of sp³-hybridized carbons (Fsp3) is 0.360. The molecule has 1 aliphatic rings. The smallest absolute Gasteiger partial charge is 0.326 e. The van der Waals surface area contributed by atoms with Gasteiger partial charge in [0.25, 0.3) is 6.01 Å². The molecular weight excluding hydrogens is 521 g/mol. The number of anilines is 1. The molecule has 1 aromatic heterocycles.